The summed E-state index contributed by atoms with van der Waals surface area (Å²) >= 11 is 6.02. The first-order valence-corrected chi connectivity index (χ1v) is 9.87. The smallest absolute Gasteiger partial charge is 0.258 e. The Morgan fingerprint density at radius 1 is 1.15 bits per heavy atom. The molecule has 0 aliphatic carbocycles. The SMILES string of the molecule is Cc1ccc([C@@H](CNC(=O)COc2ccc(Cl)c(C)c2)N2CCCC2)cc1. The summed E-state index contributed by atoms with van der Waals surface area (Å²) in [5, 5.41) is 3.73. The van der Waals surface area contributed by atoms with E-state index in [4.69, 9.17) is 16.3 Å². The van der Waals surface area contributed by atoms with Crippen LogP contribution >= 0.6 is 11.6 Å². The predicted molar refractivity (Wildman–Crippen MR) is 109 cm³/mol. The zero-order chi connectivity index (χ0) is 19.2. The average molecular weight is 387 g/mol. The molecular weight excluding hydrogens is 360 g/mol. The number of amides is 1. The van der Waals surface area contributed by atoms with Crippen LogP contribution in [0.4, 0.5) is 0 Å². The van der Waals surface area contributed by atoms with Crippen molar-refractivity contribution in [1.29, 1.82) is 0 Å². The van der Waals surface area contributed by atoms with Crippen LogP contribution in [0.3, 0.4) is 0 Å². The molecule has 1 amide bonds. The minimum Gasteiger partial charge on any atom is -0.484 e. The van der Waals surface area contributed by atoms with E-state index >= 15 is 0 Å². The number of halogens is 1. The largest absolute Gasteiger partial charge is 0.484 e. The molecule has 1 aliphatic rings. The second kappa shape index (κ2) is 9.25. The number of rotatable bonds is 7. The van der Waals surface area contributed by atoms with E-state index in [9.17, 15) is 4.79 Å². The molecule has 1 saturated heterocycles. The molecule has 0 unspecified atom stereocenters. The third-order valence-corrected chi connectivity index (χ3v) is 5.46. The minimum atomic E-state index is -0.112. The summed E-state index contributed by atoms with van der Waals surface area (Å²) in [7, 11) is 0. The van der Waals surface area contributed by atoms with E-state index in [1.165, 1.54) is 24.0 Å². The number of carbonyl (C=O) groups excluding carboxylic acids is 1. The standard InChI is InChI=1S/C22H27ClN2O2/c1-16-5-7-18(8-6-16)21(25-11-3-4-12-25)14-24-22(26)15-27-19-9-10-20(23)17(2)13-19/h5-10,13,21H,3-4,11-12,14-15H2,1-2H3,(H,24,26)/t21-/m1/s1. The zero-order valence-electron chi connectivity index (χ0n) is 16.0. The molecule has 1 atom stereocenters. The van der Waals surface area contributed by atoms with Gasteiger partial charge in [-0.15, -0.1) is 0 Å². The van der Waals surface area contributed by atoms with Crippen LogP contribution in [0.1, 0.15) is 35.6 Å². The lowest BCUT2D eigenvalue weighted by Crippen LogP contribution is -2.38. The van der Waals surface area contributed by atoms with E-state index in [-0.39, 0.29) is 18.6 Å². The van der Waals surface area contributed by atoms with Crippen LogP contribution in [0.25, 0.3) is 0 Å². The van der Waals surface area contributed by atoms with E-state index in [1.807, 2.05) is 13.0 Å². The van der Waals surface area contributed by atoms with Gasteiger partial charge in [0, 0.05) is 11.6 Å². The Balaban J connectivity index is 1.56. The van der Waals surface area contributed by atoms with Gasteiger partial charge >= 0.3 is 0 Å². The Labute approximate surface area is 166 Å². The molecular formula is C22H27ClN2O2. The molecule has 2 aromatic rings. The van der Waals surface area contributed by atoms with Crippen molar-refractivity contribution in [1.82, 2.24) is 10.2 Å². The van der Waals surface area contributed by atoms with Gasteiger partial charge in [-0.25, -0.2) is 0 Å². The summed E-state index contributed by atoms with van der Waals surface area (Å²) in [4.78, 5) is 14.7. The van der Waals surface area contributed by atoms with Gasteiger partial charge in [-0.05, 0) is 69.1 Å². The first-order valence-electron chi connectivity index (χ1n) is 9.49. The van der Waals surface area contributed by atoms with Crippen molar-refractivity contribution in [3.63, 3.8) is 0 Å². The molecule has 1 heterocycles. The number of aryl methyl sites for hydroxylation is 2. The monoisotopic (exact) mass is 386 g/mol. The third kappa shape index (κ3) is 5.47. The number of hydrogen-bond acceptors (Lipinski definition) is 3. The Kier molecular flexibility index (Phi) is 6.75. The number of nitrogens with one attached hydrogen (secondary N) is 1. The molecule has 1 N–H and O–H groups in total. The van der Waals surface area contributed by atoms with Crippen LogP contribution in [0.5, 0.6) is 5.75 Å². The maximum atomic E-state index is 12.3. The third-order valence-electron chi connectivity index (χ3n) is 5.04. The van der Waals surface area contributed by atoms with Gasteiger partial charge in [-0.2, -0.15) is 0 Å². The summed E-state index contributed by atoms with van der Waals surface area (Å²) in [5.41, 5.74) is 3.43. The average Bonchev–Trinajstić information content (AvgIpc) is 3.19. The van der Waals surface area contributed by atoms with Crippen LogP contribution in [-0.4, -0.2) is 37.0 Å². The van der Waals surface area contributed by atoms with Crippen LogP contribution in [0.2, 0.25) is 5.02 Å². The second-order valence-corrected chi connectivity index (χ2v) is 7.58. The van der Waals surface area contributed by atoms with Crippen molar-refractivity contribution in [2.24, 2.45) is 0 Å². The molecule has 1 fully saturated rings. The topological polar surface area (TPSA) is 41.6 Å². The summed E-state index contributed by atoms with van der Waals surface area (Å²) in [6, 6.07) is 14.2. The van der Waals surface area contributed by atoms with E-state index in [1.54, 1.807) is 12.1 Å². The molecule has 2 aromatic carbocycles. The highest BCUT2D eigenvalue weighted by Gasteiger charge is 2.23. The number of nitrogens with zero attached hydrogens (tertiary/aromatic N) is 1. The number of benzene rings is 2. The molecule has 0 spiro atoms. The summed E-state index contributed by atoms with van der Waals surface area (Å²) in [5.74, 6) is 0.542. The number of hydrogen-bond donors (Lipinski definition) is 1. The zero-order valence-corrected chi connectivity index (χ0v) is 16.8. The van der Waals surface area contributed by atoms with E-state index < -0.39 is 0 Å². The molecule has 27 heavy (non-hydrogen) atoms. The number of ether oxygens (including phenoxy) is 1. The highest BCUT2D eigenvalue weighted by atomic mass is 35.5. The molecule has 0 aromatic heterocycles. The molecule has 0 saturated carbocycles. The van der Waals surface area contributed by atoms with Crippen molar-refractivity contribution in [2.75, 3.05) is 26.2 Å². The normalized spacial score (nSPS) is 15.5. The van der Waals surface area contributed by atoms with Crippen molar-refractivity contribution in [2.45, 2.75) is 32.7 Å². The van der Waals surface area contributed by atoms with Crippen LogP contribution in [0, 0.1) is 13.8 Å². The van der Waals surface area contributed by atoms with Gasteiger partial charge in [0.05, 0.1) is 6.04 Å². The van der Waals surface area contributed by atoms with Crippen LogP contribution in [0.15, 0.2) is 42.5 Å². The van der Waals surface area contributed by atoms with Gasteiger partial charge in [0.25, 0.3) is 5.91 Å². The predicted octanol–water partition coefficient (Wildman–Crippen LogP) is 4.29. The highest BCUT2D eigenvalue weighted by Crippen LogP contribution is 2.25. The van der Waals surface area contributed by atoms with Gasteiger partial charge in [-0.3, -0.25) is 9.69 Å². The lowest BCUT2D eigenvalue weighted by atomic mass is 10.0. The highest BCUT2D eigenvalue weighted by molar-refractivity contribution is 6.31. The molecule has 0 radical (unpaired) electrons. The summed E-state index contributed by atoms with van der Waals surface area (Å²) in [6.07, 6.45) is 2.44. The quantitative estimate of drug-likeness (QED) is 0.771. The van der Waals surface area contributed by atoms with Crippen molar-refractivity contribution in [3.8, 4) is 5.75 Å². The molecule has 3 rings (SSSR count). The van der Waals surface area contributed by atoms with Gasteiger partial charge in [0.2, 0.25) is 0 Å². The van der Waals surface area contributed by atoms with Gasteiger partial charge in [0.1, 0.15) is 5.75 Å². The van der Waals surface area contributed by atoms with Gasteiger partial charge in [-0.1, -0.05) is 41.4 Å². The lowest BCUT2D eigenvalue weighted by molar-refractivity contribution is -0.123. The fourth-order valence-corrected chi connectivity index (χ4v) is 3.53. The Morgan fingerprint density at radius 2 is 1.85 bits per heavy atom. The Bertz CT molecular complexity index is 770. The summed E-state index contributed by atoms with van der Waals surface area (Å²) < 4.78 is 5.60. The lowest BCUT2D eigenvalue weighted by Gasteiger charge is -2.28. The second-order valence-electron chi connectivity index (χ2n) is 7.17. The number of likely N-dealkylation sites (tertiary alicyclic amines) is 1. The number of carbonyl (C=O) groups is 1. The minimum absolute atomic E-state index is 0.00168. The molecule has 4 nitrogen and oxygen atoms in total. The Hall–Kier alpha value is -2.04. The fraction of sp³-hybridized carbons (Fsp3) is 0.409. The van der Waals surface area contributed by atoms with Crippen LogP contribution in [-0.2, 0) is 4.79 Å². The van der Waals surface area contributed by atoms with Crippen molar-refractivity contribution < 1.29 is 9.53 Å². The Morgan fingerprint density at radius 3 is 2.52 bits per heavy atom. The first kappa shape index (κ1) is 19.7. The molecule has 144 valence electrons. The first-order chi connectivity index (χ1) is 13.0. The van der Waals surface area contributed by atoms with Gasteiger partial charge in [0.15, 0.2) is 6.61 Å². The fourth-order valence-electron chi connectivity index (χ4n) is 3.42. The maximum Gasteiger partial charge on any atom is 0.258 e. The molecule has 1 aliphatic heterocycles. The maximum absolute atomic E-state index is 12.3. The van der Waals surface area contributed by atoms with Crippen molar-refractivity contribution >= 4 is 17.5 Å². The van der Waals surface area contributed by atoms with Crippen LogP contribution < -0.4 is 10.1 Å². The van der Waals surface area contributed by atoms with E-state index in [0.717, 1.165) is 18.7 Å². The van der Waals surface area contributed by atoms with E-state index in [2.05, 4.69) is 41.4 Å². The van der Waals surface area contributed by atoms with Crippen molar-refractivity contribution in [3.05, 3.63) is 64.2 Å². The summed E-state index contributed by atoms with van der Waals surface area (Å²) in [6.45, 7) is 6.75. The van der Waals surface area contributed by atoms with Gasteiger partial charge < -0.3 is 10.1 Å². The molecule has 5 heteroatoms. The van der Waals surface area contributed by atoms with E-state index in [0.29, 0.717) is 17.3 Å². The molecule has 0 bridgehead atoms.